The number of anilines is 1. The van der Waals surface area contributed by atoms with E-state index in [0.29, 0.717) is 16.1 Å². The van der Waals surface area contributed by atoms with Crippen molar-refractivity contribution < 1.29 is 9.59 Å². The van der Waals surface area contributed by atoms with Gasteiger partial charge in [0.25, 0.3) is 5.91 Å². The molecule has 2 aromatic rings. The van der Waals surface area contributed by atoms with Crippen LogP contribution >= 0.6 is 11.3 Å². The van der Waals surface area contributed by atoms with Gasteiger partial charge in [0.1, 0.15) is 0 Å². The third kappa shape index (κ3) is 3.86. The fraction of sp³-hybridized carbons (Fsp3) is 0.333. The molecular weight excluding hydrogens is 308 g/mol. The van der Waals surface area contributed by atoms with Crippen molar-refractivity contribution in [1.82, 2.24) is 4.90 Å². The topological polar surface area (TPSA) is 49.4 Å². The van der Waals surface area contributed by atoms with Crippen molar-refractivity contribution in [2.75, 3.05) is 25.5 Å². The van der Waals surface area contributed by atoms with Crippen LogP contribution in [0.15, 0.2) is 41.8 Å². The lowest BCUT2D eigenvalue weighted by Gasteiger charge is -2.28. The van der Waals surface area contributed by atoms with Crippen molar-refractivity contribution >= 4 is 28.7 Å². The molecule has 23 heavy (non-hydrogen) atoms. The zero-order chi connectivity index (χ0) is 16.2. The highest BCUT2D eigenvalue weighted by Crippen LogP contribution is 2.23. The maximum atomic E-state index is 12.6. The lowest BCUT2D eigenvalue weighted by atomic mass is 9.89. The largest absolute Gasteiger partial charge is 0.321 e. The third-order valence-corrected chi connectivity index (χ3v) is 5.11. The number of thiophene rings is 1. The van der Waals surface area contributed by atoms with E-state index in [9.17, 15) is 9.59 Å². The van der Waals surface area contributed by atoms with Gasteiger partial charge in [-0.25, -0.2) is 0 Å². The lowest BCUT2D eigenvalue weighted by Crippen LogP contribution is -2.33. The number of benzene rings is 1. The average molecular weight is 328 g/mol. The van der Waals surface area contributed by atoms with Gasteiger partial charge < -0.3 is 10.2 Å². The normalized spacial score (nSPS) is 16.2. The van der Waals surface area contributed by atoms with Crippen molar-refractivity contribution in [3.8, 4) is 0 Å². The van der Waals surface area contributed by atoms with E-state index in [1.165, 1.54) is 11.3 Å². The van der Waals surface area contributed by atoms with Crippen molar-refractivity contribution in [3.05, 3.63) is 52.2 Å². The molecule has 0 unspecified atom stereocenters. The fourth-order valence-electron chi connectivity index (χ4n) is 2.86. The van der Waals surface area contributed by atoms with E-state index >= 15 is 0 Å². The maximum Gasteiger partial charge on any atom is 0.265 e. The van der Waals surface area contributed by atoms with Gasteiger partial charge in [0.15, 0.2) is 5.78 Å². The molecule has 1 aliphatic heterocycles. The second kappa shape index (κ2) is 7.06. The molecule has 1 aromatic heterocycles. The Morgan fingerprint density at radius 1 is 1.17 bits per heavy atom. The molecule has 0 radical (unpaired) electrons. The van der Waals surface area contributed by atoms with Crippen LogP contribution in [-0.2, 0) is 0 Å². The molecule has 0 bridgehead atoms. The van der Waals surface area contributed by atoms with Gasteiger partial charge in [0.05, 0.1) is 4.88 Å². The van der Waals surface area contributed by atoms with Gasteiger partial charge in [-0.3, -0.25) is 9.59 Å². The summed E-state index contributed by atoms with van der Waals surface area (Å²) in [5.74, 6) is 0.142. The molecule has 0 aliphatic carbocycles. The van der Waals surface area contributed by atoms with Crippen LogP contribution in [0, 0.1) is 5.92 Å². The Hall–Kier alpha value is -1.98. The first-order chi connectivity index (χ1) is 11.1. The van der Waals surface area contributed by atoms with E-state index in [2.05, 4.69) is 17.3 Å². The molecule has 3 rings (SSSR count). The number of hydrogen-bond acceptors (Lipinski definition) is 4. The molecule has 0 saturated carbocycles. The summed E-state index contributed by atoms with van der Waals surface area (Å²) in [6, 6.07) is 10.9. The van der Waals surface area contributed by atoms with Gasteiger partial charge in [-0.2, -0.15) is 0 Å². The maximum absolute atomic E-state index is 12.6. The zero-order valence-electron chi connectivity index (χ0n) is 13.1. The second-order valence-electron chi connectivity index (χ2n) is 5.95. The summed E-state index contributed by atoms with van der Waals surface area (Å²) in [5.41, 5.74) is 1.35. The number of Topliss-reactive ketones (excluding diaryl/α,β-unsaturated/α-hetero) is 1. The molecule has 1 aliphatic rings. The van der Waals surface area contributed by atoms with E-state index in [0.717, 1.165) is 25.9 Å². The van der Waals surface area contributed by atoms with Gasteiger partial charge in [-0.15, -0.1) is 11.3 Å². The molecule has 0 spiro atoms. The monoisotopic (exact) mass is 328 g/mol. The fourth-order valence-corrected chi connectivity index (χ4v) is 3.48. The molecule has 5 heteroatoms. The van der Waals surface area contributed by atoms with E-state index < -0.39 is 0 Å². The smallest absolute Gasteiger partial charge is 0.265 e. The Kier molecular flexibility index (Phi) is 4.88. The number of carbonyl (C=O) groups excluding carboxylic acids is 2. The summed E-state index contributed by atoms with van der Waals surface area (Å²) < 4.78 is 0. The van der Waals surface area contributed by atoms with Crippen molar-refractivity contribution in [3.63, 3.8) is 0 Å². The van der Waals surface area contributed by atoms with Gasteiger partial charge in [-0.05, 0) is 56.6 Å². The van der Waals surface area contributed by atoms with Gasteiger partial charge in [-0.1, -0.05) is 18.2 Å². The summed E-state index contributed by atoms with van der Waals surface area (Å²) in [6.45, 7) is 1.93. The standard InChI is InChI=1S/C18H20N2O2S/c1-20-9-7-13(8-10-20)17(21)14-4-2-5-15(12-14)19-18(22)16-6-3-11-23-16/h2-6,11-13H,7-10H2,1H3,(H,19,22). The van der Waals surface area contributed by atoms with Gasteiger partial charge >= 0.3 is 0 Å². The predicted molar refractivity (Wildman–Crippen MR) is 93.3 cm³/mol. The molecular formula is C18H20N2O2S. The Bertz CT molecular complexity index is 689. The lowest BCUT2D eigenvalue weighted by molar-refractivity contribution is 0.0856. The van der Waals surface area contributed by atoms with Crippen LogP contribution in [0.25, 0.3) is 0 Å². The van der Waals surface area contributed by atoms with Crippen molar-refractivity contribution in [2.24, 2.45) is 5.92 Å². The number of amides is 1. The number of nitrogens with zero attached hydrogens (tertiary/aromatic N) is 1. The Morgan fingerprint density at radius 2 is 1.96 bits per heavy atom. The highest BCUT2D eigenvalue weighted by molar-refractivity contribution is 7.12. The number of nitrogens with one attached hydrogen (secondary N) is 1. The average Bonchev–Trinajstić information content (AvgIpc) is 3.10. The first kappa shape index (κ1) is 15.9. The molecule has 120 valence electrons. The molecule has 4 nitrogen and oxygen atoms in total. The minimum Gasteiger partial charge on any atom is -0.321 e. The van der Waals surface area contributed by atoms with Gasteiger partial charge in [0.2, 0.25) is 0 Å². The van der Waals surface area contributed by atoms with E-state index in [-0.39, 0.29) is 17.6 Å². The van der Waals surface area contributed by atoms with E-state index in [4.69, 9.17) is 0 Å². The Morgan fingerprint density at radius 3 is 2.65 bits per heavy atom. The number of ketones is 1. The minimum atomic E-state index is -0.135. The molecule has 1 aromatic carbocycles. The predicted octanol–water partition coefficient (Wildman–Crippen LogP) is 3.52. The van der Waals surface area contributed by atoms with E-state index in [1.54, 1.807) is 12.1 Å². The molecule has 1 N–H and O–H groups in total. The van der Waals surface area contributed by atoms with Crippen LogP contribution in [0.3, 0.4) is 0 Å². The number of likely N-dealkylation sites (tertiary alicyclic amines) is 1. The summed E-state index contributed by atoms with van der Waals surface area (Å²) in [6.07, 6.45) is 1.81. The third-order valence-electron chi connectivity index (χ3n) is 4.24. The van der Waals surface area contributed by atoms with Crippen LogP contribution in [0.2, 0.25) is 0 Å². The Balaban J connectivity index is 1.69. The van der Waals surface area contributed by atoms with Gasteiger partial charge in [0, 0.05) is 17.2 Å². The number of piperidine rings is 1. The van der Waals surface area contributed by atoms with Crippen molar-refractivity contribution in [1.29, 1.82) is 0 Å². The van der Waals surface area contributed by atoms with Crippen LogP contribution < -0.4 is 5.32 Å². The first-order valence-corrected chi connectivity index (χ1v) is 8.69. The minimum absolute atomic E-state index is 0.0921. The molecule has 0 atom stereocenters. The molecule has 1 fully saturated rings. The first-order valence-electron chi connectivity index (χ1n) is 7.81. The SMILES string of the molecule is CN1CCC(C(=O)c2cccc(NC(=O)c3cccs3)c2)CC1. The summed E-state index contributed by atoms with van der Waals surface area (Å²) in [4.78, 5) is 27.7. The molecule has 2 heterocycles. The number of hydrogen-bond donors (Lipinski definition) is 1. The number of rotatable bonds is 4. The number of carbonyl (C=O) groups is 2. The van der Waals surface area contributed by atoms with Crippen LogP contribution in [0.5, 0.6) is 0 Å². The second-order valence-corrected chi connectivity index (χ2v) is 6.90. The molecule has 1 amide bonds. The summed E-state index contributed by atoms with van der Waals surface area (Å²) >= 11 is 1.40. The van der Waals surface area contributed by atoms with E-state index in [1.807, 2.05) is 29.6 Å². The van der Waals surface area contributed by atoms with Crippen LogP contribution in [0.4, 0.5) is 5.69 Å². The Labute approximate surface area is 140 Å². The van der Waals surface area contributed by atoms with Crippen LogP contribution in [-0.4, -0.2) is 36.7 Å². The zero-order valence-corrected chi connectivity index (χ0v) is 13.9. The highest BCUT2D eigenvalue weighted by atomic mass is 32.1. The molecule has 1 saturated heterocycles. The quantitative estimate of drug-likeness (QED) is 0.874. The van der Waals surface area contributed by atoms with Crippen molar-refractivity contribution in [2.45, 2.75) is 12.8 Å². The summed E-state index contributed by atoms with van der Waals surface area (Å²) in [5, 5.41) is 4.73. The summed E-state index contributed by atoms with van der Waals surface area (Å²) in [7, 11) is 2.08. The van der Waals surface area contributed by atoms with Crippen LogP contribution in [0.1, 0.15) is 32.9 Å². The highest BCUT2D eigenvalue weighted by Gasteiger charge is 2.24.